The van der Waals surface area contributed by atoms with Crippen molar-refractivity contribution in [3.8, 4) is 11.5 Å². The van der Waals surface area contributed by atoms with Crippen LogP contribution in [0.5, 0.6) is 11.5 Å². The van der Waals surface area contributed by atoms with Crippen molar-refractivity contribution in [3.05, 3.63) is 23.8 Å². The first-order chi connectivity index (χ1) is 11.1. The van der Waals surface area contributed by atoms with E-state index in [9.17, 15) is 4.79 Å². The third-order valence-corrected chi connectivity index (χ3v) is 4.82. The molecule has 2 unspecified atom stereocenters. The largest absolute Gasteiger partial charge is 0.486 e. The summed E-state index contributed by atoms with van der Waals surface area (Å²) in [5.41, 5.74) is 1.07. The Morgan fingerprint density at radius 3 is 2.42 bits per heavy atom. The Morgan fingerprint density at radius 2 is 1.83 bits per heavy atom. The Hall–Kier alpha value is -1.46. The highest BCUT2D eigenvalue weighted by Crippen LogP contribution is 2.34. The van der Waals surface area contributed by atoms with Gasteiger partial charge < -0.3 is 20.1 Å². The SMILES string of the molecule is CC(C)C(NC(=O)C(C)C1CNC1)c1ccc2c(c1)OCCO2.Cl. The second kappa shape index (κ2) is 8.08. The van der Waals surface area contributed by atoms with Crippen molar-refractivity contribution in [1.82, 2.24) is 10.6 Å². The van der Waals surface area contributed by atoms with Gasteiger partial charge in [-0.15, -0.1) is 12.4 Å². The summed E-state index contributed by atoms with van der Waals surface area (Å²) in [7, 11) is 0. The van der Waals surface area contributed by atoms with Crippen LogP contribution in [-0.2, 0) is 4.79 Å². The smallest absolute Gasteiger partial charge is 0.223 e. The van der Waals surface area contributed by atoms with Gasteiger partial charge in [-0.1, -0.05) is 26.8 Å². The Morgan fingerprint density at radius 1 is 1.17 bits per heavy atom. The van der Waals surface area contributed by atoms with Gasteiger partial charge in [0, 0.05) is 5.92 Å². The summed E-state index contributed by atoms with van der Waals surface area (Å²) in [5.74, 6) is 2.46. The van der Waals surface area contributed by atoms with E-state index in [-0.39, 0.29) is 30.3 Å². The number of carbonyl (C=O) groups excluding carboxylic acids is 1. The van der Waals surface area contributed by atoms with E-state index in [1.165, 1.54) is 0 Å². The van der Waals surface area contributed by atoms with Crippen LogP contribution < -0.4 is 20.1 Å². The summed E-state index contributed by atoms with van der Waals surface area (Å²) >= 11 is 0. The molecule has 5 nitrogen and oxygen atoms in total. The summed E-state index contributed by atoms with van der Waals surface area (Å²) < 4.78 is 11.2. The first-order valence-electron chi connectivity index (χ1n) is 8.47. The highest BCUT2D eigenvalue weighted by Gasteiger charge is 2.31. The third-order valence-electron chi connectivity index (χ3n) is 4.82. The minimum Gasteiger partial charge on any atom is -0.486 e. The zero-order valence-corrected chi connectivity index (χ0v) is 15.3. The molecule has 0 saturated carbocycles. The average molecular weight is 355 g/mol. The highest BCUT2D eigenvalue weighted by atomic mass is 35.5. The van der Waals surface area contributed by atoms with Crippen LogP contribution in [-0.4, -0.2) is 32.2 Å². The minimum atomic E-state index is -0.0196. The van der Waals surface area contributed by atoms with Crippen molar-refractivity contribution >= 4 is 18.3 Å². The molecule has 24 heavy (non-hydrogen) atoms. The monoisotopic (exact) mass is 354 g/mol. The summed E-state index contributed by atoms with van der Waals surface area (Å²) in [6.07, 6.45) is 0. The molecule has 1 aromatic rings. The molecule has 2 heterocycles. The van der Waals surface area contributed by atoms with Gasteiger partial charge in [-0.2, -0.15) is 0 Å². The molecule has 1 aromatic carbocycles. The van der Waals surface area contributed by atoms with E-state index in [1.54, 1.807) is 0 Å². The van der Waals surface area contributed by atoms with Gasteiger partial charge in [-0.05, 0) is 42.6 Å². The molecular formula is C18H27ClN2O3. The van der Waals surface area contributed by atoms with E-state index in [4.69, 9.17) is 9.47 Å². The van der Waals surface area contributed by atoms with E-state index in [0.717, 1.165) is 30.2 Å². The molecular weight excluding hydrogens is 328 g/mol. The number of hydrogen-bond donors (Lipinski definition) is 2. The van der Waals surface area contributed by atoms with Gasteiger partial charge >= 0.3 is 0 Å². The molecule has 2 atom stereocenters. The van der Waals surface area contributed by atoms with Gasteiger partial charge in [-0.3, -0.25) is 4.79 Å². The van der Waals surface area contributed by atoms with E-state index < -0.39 is 0 Å². The lowest BCUT2D eigenvalue weighted by Gasteiger charge is -2.33. The lowest BCUT2D eigenvalue weighted by molar-refractivity contribution is -0.127. The van der Waals surface area contributed by atoms with Crippen molar-refractivity contribution in [3.63, 3.8) is 0 Å². The highest BCUT2D eigenvalue weighted by molar-refractivity contribution is 5.85. The number of carbonyl (C=O) groups is 1. The lowest BCUT2D eigenvalue weighted by Crippen LogP contribution is -2.50. The average Bonchev–Trinajstić information content (AvgIpc) is 2.49. The van der Waals surface area contributed by atoms with E-state index in [0.29, 0.717) is 25.0 Å². The summed E-state index contributed by atoms with van der Waals surface area (Å²) in [5, 5.41) is 6.45. The molecule has 1 fully saturated rings. The van der Waals surface area contributed by atoms with Crippen molar-refractivity contribution in [2.75, 3.05) is 26.3 Å². The minimum absolute atomic E-state index is 0. The predicted octanol–water partition coefficient (Wildman–Crippen LogP) is 2.55. The van der Waals surface area contributed by atoms with E-state index >= 15 is 0 Å². The molecule has 2 aliphatic heterocycles. The van der Waals surface area contributed by atoms with E-state index in [1.807, 2.05) is 25.1 Å². The van der Waals surface area contributed by atoms with Crippen LogP contribution in [0.25, 0.3) is 0 Å². The van der Waals surface area contributed by atoms with Crippen molar-refractivity contribution in [2.24, 2.45) is 17.8 Å². The first-order valence-corrected chi connectivity index (χ1v) is 8.47. The number of rotatable bonds is 5. The Balaban J connectivity index is 0.00000208. The Kier molecular flexibility index (Phi) is 6.35. The predicted molar refractivity (Wildman–Crippen MR) is 95.9 cm³/mol. The van der Waals surface area contributed by atoms with Gasteiger partial charge in [0.05, 0.1) is 6.04 Å². The molecule has 0 spiro atoms. The fraction of sp³-hybridized carbons (Fsp3) is 0.611. The van der Waals surface area contributed by atoms with Gasteiger partial charge in [-0.25, -0.2) is 0 Å². The fourth-order valence-corrected chi connectivity index (χ4v) is 3.05. The van der Waals surface area contributed by atoms with Gasteiger partial charge in [0.2, 0.25) is 5.91 Å². The maximum absolute atomic E-state index is 12.6. The van der Waals surface area contributed by atoms with Crippen LogP contribution in [0.3, 0.4) is 0 Å². The zero-order chi connectivity index (χ0) is 16.4. The standard InChI is InChI=1S/C18H26N2O3.ClH/c1-11(2)17(20-18(21)12(3)14-9-19-10-14)13-4-5-15-16(8-13)23-7-6-22-15;/h4-5,8,11-12,14,17,19H,6-7,9-10H2,1-3H3,(H,20,21);1H. The van der Waals surface area contributed by atoms with Crippen LogP contribution in [0.1, 0.15) is 32.4 Å². The fourth-order valence-electron chi connectivity index (χ4n) is 3.05. The molecule has 1 saturated heterocycles. The maximum Gasteiger partial charge on any atom is 0.223 e. The van der Waals surface area contributed by atoms with Crippen molar-refractivity contribution in [2.45, 2.75) is 26.8 Å². The molecule has 0 aromatic heterocycles. The normalized spacial score (nSPS) is 19.0. The number of hydrogen-bond acceptors (Lipinski definition) is 4. The summed E-state index contributed by atoms with van der Waals surface area (Å²) in [4.78, 5) is 12.6. The van der Waals surface area contributed by atoms with Gasteiger partial charge in [0.25, 0.3) is 0 Å². The van der Waals surface area contributed by atoms with Gasteiger partial charge in [0.1, 0.15) is 13.2 Å². The molecule has 6 heteroatoms. The lowest BCUT2D eigenvalue weighted by atomic mass is 9.87. The number of halogens is 1. The molecule has 134 valence electrons. The molecule has 2 aliphatic rings. The maximum atomic E-state index is 12.6. The quantitative estimate of drug-likeness (QED) is 0.853. The molecule has 0 radical (unpaired) electrons. The number of benzene rings is 1. The van der Waals surface area contributed by atoms with Crippen LogP contribution in [0.15, 0.2) is 18.2 Å². The Bertz CT molecular complexity index is 575. The van der Waals surface area contributed by atoms with Crippen molar-refractivity contribution < 1.29 is 14.3 Å². The Labute approximate surface area is 149 Å². The molecule has 0 aliphatic carbocycles. The summed E-state index contributed by atoms with van der Waals surface area (Å²) in [6, 6.07) is 5.93. The molecule has 2 N–H and O–H groups in total. The van der Waals surface area contributed by atoms with Crippen LogP contribution in [0, 0.1) is 17.8 Å². The zero-order valence-electron chi connectivity index (χ0n) is 14.5. The van der Waals surface area contributed by atoms with E-state index in [2.05, 4.69) is 24.5 Å². The van der Waals surface area contributed by atoms with Crippen molar-refractivity contribution in [1.29, 1.82) is 0 Å². The first kappa shape index (κ1) is 18.9. The molecule has 3 rings (SSSR count). The second-order valence-corrected chi connectivity index (χ2v) is 6.84. The van der Waals surface area contributed by atoms with Crippen LogP contribution >= 0.6 is 12.4 Å². The van der Waals surface area contributed by atoms with Gasteiger partial charge in [0.15, 0.2) is 11.5 Å². The second-order valence-electron chi connectivity index (χ2n) is 6.84. The van der Waals surface area contributed by atoms with Crippen LogP contribution in [0.2, 0.25) is 0 Å². The van der Waals surface area contributed by atoms with Crippen LogP contribution in [0.4, 0.5) is 0 Å². The number of amides is 1. The molecule has 1 amide bonds. The summed E-state index contributed by atoms with van der Waals surface area (Å²) in [6.45, 7) is 9.29. The topological polar surface area (TPSA) is 59.6 Å². The third kappa shape index (κ3) is 3.95. The number of fused-ring (bicyclic) bond motifs is 1. The number of ether oxygens (including phenoxy) is 2. The molecule has 0 bridgehead atoms. The number of nitrogens with one attached hydrogen (secondary N) is 2.